The molecule has 18 heavy (non-hydrogen) atoms. The lowest BCUT2D eigenvalue weighted by Crippen LogP contribution is -2.02. The zero-order chi connectivity index (χ0) is 13.1. The summed E-state index contributed by atoms with van der Waals surface area (Å²) >= 11 is 8.40. The van der Waals surface area contributed by atoms with Crippen molar-refractivity contribution >= 4 is 51.6 Å². The molecule has 0 bridgehead atoms. The molecule has 0 unspecified atom stereocenters. The van der Waals surface area contributed by atoms with Gasteiger partial charge in [0, 0.05) is 22.4 Å². The number of aromatic nitrogens is 2. The third kappa shape index (κ3) is 3.02. The van der Waals surface area contributed by atoms with Crippen LogP contribution in [-0.4, -0.2) is 17.0 Å². The molecule has 0 saturated heterocycles. The number of nitrogens with zero attached hydrogens (tertiary/aromatic N) is 2. The first kappa shape index (κ1) is 13.4. The molecule has 0 aliphatic carbocycles. The predicted molar refractivity (Wildman–Crippen MR) is 83.8 cm³/mol. The molecule has 0 amide bonds. The van der Waals surface area contributed by atoms with Crippen molar-refractivity contribution in [3.8, 4) is 0 Å². The van der Waals surface area contributed by atoms with Gasteiger partial charge in [-0.25, -0.2) is 4.98 Å². The summed E-state index contributed by atoms with van der Waals surface area (Å²) < 4.78 is 1.10. The SMILES string of the molecule is CNc1ncc(C)c(Nc2ccc(I)cc2Cl)n1. The fourth-order valence-electron chi connectivity index (χ4n) is 1.41. The lowest BCUT2D eigenvalue weighted by molar-refractivity contribution is 1.12. The minimum absolute atomic E-state index is 0.574. The van der Waals surface area contributed by atoms with Crippen LogP contribution in [0.5, 0.6) is 0 Å². The Kier molecular flexibility index (Phi) is 4.23. The molecule has 0 aliphatic rings. The third-order valence-corrected chi connectivity index (χ3v) is 3.36. The van der Waals surface area contributed by atoms with E-state index < -0.39 is 0 Å². The van der Waals surface area contributed by atoms with Gasteiger partial charge in [-0.05, 0) is 47.7 Å². The molecular formula is C12H12ClIN4. The first-order valence-electron chi connectivity index (χ1n) is 5.33. The Balaban J connectivity index is 2.33. The summed E-state index contributed by atoms with van der Waals surface area (Å²) in [4.78, 5) is 8.49. The standard InChI is InChI=1S/C12H12ClIN4/c1-7-6-16-12(15-2)18-11(7)17-10-4-3-8(14)5-9(10)13/h3-6H,1-2H3,(H2,15,16,17,18). The van der Waals surface area contributed by atoms with E-state index in [0.717, 1.165) is 20.6 Å². The van der Waals surface area contributed by atoms with E-state index in [1.165, 1.54) is 0 Å². The Bertz CT molecular complexity index is 574. The van der Waals surface area contributed by atoms with E-state index in [0.29, 0.717) is 11.0 Å². The predicted octanol–water partition coefficient (Wildman–Crippen LogP) is 3.83. The van der Waals surface area contributed by atoms with Gasteiger partial charge in [-0.3, -0.25) is 0 Å². The zero-order valence-corrected chi connectivity index (χ0v) is 12.9. The summed E-state index contributed by atoms with van der Waals surface area (Å²) in [7, 11) is 1.78. The largest absolute Gasteiger partial charge is 0.357 e. The van der Waals surface area contributed by atoms with Gasteiger partial charge in [0.1, 0.15) is 5.82 Å². The first-order valence-corrected chi connectivity index (χ1v) is 6.79. The second-order valence-electron chi connectivity index (χ2n) is 3.72. The van der Waals surface area contributed by atoms with Gasteiger partial charge in [0.25, 0.3) is 0 Å². The molecule has 1 heterocycles. The molecule has 0 atom stereocenters. The number of rotatable bonds is 3. The van der Waals surface area contributed by atoms with E-state index >= 15 is 0 Å². The fourth-order valence-corrected chi connectivity index (χ4v) is 2.31. The molecule has 1 aromatic heterocycles. The molecule has 2 rings (SSSR count). The second-order valence-corrected chi connectivity index (χ2v) is 5.38. The molecule has 0 radical (unpaired) electrons. The Morgan fingerprint density at radius 2 is 2.11 bits per heavy atom. The van der Waals surface area contributed by atoms with Crippen molar-refractivity contribution in [3.63, 3.8) is 0 Å². The van der Waals surface area contributed by atoms with E-state index in [1.807, 2.05) is 25.1 Å². The summed E-state index contributed by atoms with van der Waals surface area (Å²) in [5, 5.41) is 6.80. The van der Waals surface area contributed by atoms with Crippen molar-refractivity contribution < 1.29 is 0 Å². The van der Waals surface area contributed by atoms with Crippen LogP contribution in [0.25, 0.3) is 0 Å². The van der Waals surface area contributed by atoms with Gasteiger partial charge in [-0.15, -0.1) is 0 Å². The van der Waals surface area contributed by atoms with Gasteiger partial charge < -0.3 is 10.6 Å². The van der Waals surface area contributed by atoms with Gasteiger partial charge in [0.2, 0.25) is 5.95 Å². The molecule has 94 valence electrons. The van der Waals surface area contributed by atoms with Gasteiger partial charge in [0.05, 0.1) is 10.7 Å². The minimum Gasteiger partial charge on any atom is -0.357 e. The normalized spacial score (nSPS) is 10.2. The van der Waals surface area contributed by atoms with Crippen LogP contribution >= 0.6 is 34.2 Å². The van der Waals surface area contributed by atoms with Crippen molar-refractivity contribution in [1.29, 1.82) is 0 Å². The number of nitrogens with one attached hydrogen (secondary N) is 2. The number of aryl methyl sites for hydroxylation is 1. The molecule has 2 N–H and O–H groups in total. The highest BCUT2D eigenvalue weighted by molar-refractivity contribution is 14.1. The molecule has 2 aromatic rings. The molecular weight excluding hydrogens is 363 g/mol. The topological polar surface area (TPSA) is 49.8 Å². The molecule has 0 fully saturated rings. The quantitative estimate of drug-likeness (QED) is 0.802. The Morgan fingerprint density at radius 3 is 2.78 bits per heavy atom. The monoisotopic (exact) mass is 374 g/mol. The fraction of sp³-hybridized carbons (Fsp3) is 0.167. The lowest BCUT2D eigenvalue weighted by Gasteiger charge is -2.11. The van der Waals surface area contributed by atoms with Gasteiger partial charge >= 0.3 is 0 Å². The smallest absolute Gasteiger partial charge is 0.224 e. The van der Waals surface area contributed by atoms with Crippen LogP contribution in [0, 0.1) is 10.5 Å². The van der Waals surface area contributed by atoms with Crippen molar-refractivity contribution in [2.75, 3.05) is 17.7 Å². The number of hydrogen-bond acceptors (Lipinski definition) is 4. The maximum atomic E-state index is 6.18. The maximum absolute atomic E-state index is 6.18. The molecule has 4 nitrogen and oxygen atoms in total. The van der Waals surface area contributed by atoms with E-state index in [9.17, 15) is 0 Å². The number of hydrogen-bond donors (Lipinski definition) is 2. The zero-order valence-electron chi connectivity index (χ0n) is 9.96. The van der Waals surface area contributed by atoms with Crippen LogP contribution in [0.15, 0.2) is 24.4 Å². The van der Waals surface area contributed by atoms with E-state index in [4.69, 9.17) is 11.6 Å². The van der Waals surface area contributed by atoms with Gasteiger partial charge in [-0.1, -0.05) is 11.6 Å². The Labute approximate surface area is 124 Å². The van der Waals surface area contributed by atoms with Crippen molar-refractivity contribution in [2.24, 2.45) is 0 Å². The van der Waals surface area contributed by atoms with E-state index in [-0.39, 0.29) is 0 Å². The summed E-state index contributed by atoms with van der Waals surface area (Å²) in [6.07, 6.45) is 1.77. The highest BCUT2D eigenvalue weighted by Gasteiger charge is 2.06. The van der Waals surface area contributed by atoms with Crippen LogP contribution in [-0.2, 0) is 0 Å². The van der Waals surface area contributed by atoms with E-state index in [1.54, 1.807) is 13.2 Å². The van der Waals surface area contributed by atoms with Crippen LogP contribution in [0.2, 0.25) is 5.02 Å². The van der Waals surface area contributed by atoms with E-state index in [2.05, 4.69) is 43.2 Å². The first-order chi connectivity index (χ1) is 8.60. The second kappa shape index (κ2) is 5.71. The van der Waals surface area contributed by atoms with Crippen LogP contribution in [0.3, 0.4) is 0 Å². The average Bonchev–Trinajstić information content (AvgIpc) is 2.35. The molecule has 0 spiro atoms. The lowest BCUT2D eigenvalue weighted by atomic mass is 10.3. The minimum atomic E-state index is 0.574. The highest BCUT2D eigenvalue weighted by Crippen LogP contribution is 2.27. The third-order valence-electron chi connectivity index (χ3n) is 2.38. The van der Waals surface area contributed by atoms with Crippen LogP contribution in [0.4, 0.5) is 17.5 Å². The molecule has 0 aliphatic heterocycles. The van der Waals surface area contributed by atoms with Crippen molar-refractivity contribution in [2.45, 2.75) is 6.92 Å². The van der Waals surface area contributed by atoms with Crippen LogP contribution < -0.4 is 10.6 Å². The van der Waals surface area contributed by atoms with Crippen molar-refractivity contribution in [1.82, 2.24) is 9.97 Å². The number of anilines is 3. The Hall–Kier alpha value is -1.08. The van der Waals surface area contributed by atoms with Gasteiger partial charge in [-0.2, -0.15) is 4.98 Å². The average molecular weight is 375 g/mol. The van der Waals surface area contributed by atoms with Crippen LogP contribution in [0.1, 0.15) is 5.56 Å². The number of halogens is 2. The highest BCUT2D eigenvalue weighted by atomic mass is 127. The summed E-state index contributed by atoms with van der Waals surface area (Å²) in [5.74, 6) is 1.32. The molecule has 1 aromatic carbocycles. The summed E-state index contributed by atoms with van der Waals surface area (Å²) in [5.41, 5.74) is 1.80. The molecule has 0 saturated carbocycles. The van der Waals surface area contributed by atoms with Gasteiger partial charge in [0.15, 0.2) is 0 Å². The molecule has 6 heteroatoms. The summed E-state index contributed by atoms with van der Waals surface area (Å²) in [6.45, 7) is 1.95. The van der Waals surface area contributed by atoms with Crippen molar-refractivity contribution in [3.05, 3.63) is 38.6 Å². The Morgan fingerprint density at radius 1 is 1.33 bits per heavy atom. The maximum Gasteiger partial charge on any atom is 0.224 e. The summed E-state index contributed by atoms with van der Waals surface area (Å²) in [6, 6.07) is 5.83. The number of benzene rings is 1.